The summed E-state index contributed by atoms with van der Waals surface area (Å²) in [6, 6.07) is 4.65. The first-order valence-electron chi connectivity index (χ1n) is 6.58. The highest BCUT2D eigenvalue weighted by Crippen LogP contribution is 2.09. The summed E-state index contributed by atoms with van der Waals surface area (Å²) < 4.78 is 5.16. The Morgan fingerprint density at radius 2 is 2.22 bits per heavy atom. The van der Waals surface area contributed by atoms with Crippen LogP contribution in [0.15, 0.2) is 18.3 Å². The van der Waals surface area contributed by atoms with E-state index in [1.807, 2.05) is 12.3 Å². The van der Waals surface area contributed by atoms with Gasteiger partial charge in [0.05, 0.1) is 12.3 Å². The number of methoxy groups -OCH3 is 1. The lowest BCUT2D eigenvalue weighted by molar-refractivity contribution is 0.117. The van der Waals surface area contributed by atoms with Crippen LogP contribution in [0.4, 0.5) is 0 Å². The van der Waals surface area contributed by atoms with Crippen molar-refractivity contribution in [2.75, 3.05) is 20.3 Å². The molecule has 0 radical (unpaired) electrons. The van der Waals surface area contributed by atoms with Gasteiger partial charge >= 0.3 is 0 Å². The van der Waals surface area contributed by atoms with Crippen LogP contribution in [0.1, 0.15) is 31.5 Å². The highest BCUT2D eigenvalue weighted by Gasteiger charge is 2.12. The van der Waals surface area contributed by atoms with Gasteiger partial charge in [0.25, 0.3) is 0 Å². The van der Waals surface area contributed by atoms with E-state index in [1.54, 1.807) is 7.11 Å². The zero-order valence-electron chi connectivity index (χ0n) is 11.7. The Hall–Kier alpha value is -0.970. The van der Waals surface area contributed by atoms with Crippen molar-refractivity contribution in [2.24, 2.45) is 5.73 Å². The molecule has 1 unspecified atom stereocenters. The number of ether oxygens (including phenoxy) is 1. The fourth-order valence-corrected chi connectivity index (χ4v) is 1.80. The largest absolute Gasteiger partial charge is 0.383 e. The maximum absolute atomic E-state index is 5.57. The number of nitrogens with two attached hydrogens (primary N) is 1. The molecule has 0 fully saturated rings. The fraction of sp³-hybridized carbons (Fsp3) is 0.643. The van der Waals surface area contributed by atoms with Crippen LogP contribution in [0.2, 0.25) is 0 Å². The molecule has 0 aromatic carbocycles. The van der Waals surface area contributed by atoms with Gasteiger partial charge in [-0.25, -0.2) is 0 Å². The number of hydrogen-bond donors (Lipinski definition) is 1. The predicted octanol–water partition coefficient (Wildman–Crippen LogP) is 1.79. The average Bonchev–Trinajstić information content (AvgIpc) is 2.43. The second kappa shape index (κ2) is 8.19. The van der Waals surface area contributed by atoms with E-state index in [0.717, 1.165) is 37.4 Å². The quantitative estimate of drug-likeness (QED) is 0.765. The molecule has 0 saturated carbocycles. The lowest BCUT2D eigenvalue weighted by atomic mass is 10.2. The average molecular weight is 251 g/mol. The van der Waals surface area contributed by atoms with E-state index in [1.165, 1.54) is 0 Å². The molecule has 1 heterocycles. The van der Waals surface area contributed by atoms with Crippen molar-refractivity contribution in [1.29, 1.82) is 0 Å². The van der Waals surface area contributed by atoms with Crippen LogP contribution in [0, 0.1) is 0 Å². The smallest absolute Gasteiger partial charge is 0.0589 e. The molecule has 4 nitrogen and oxygen atoms in total. The van der Waals surface area contributed by atoms with Crippen LogP contribution in [-0.4, -0.2) is 36.2 Å². The van der Waals surface area contributed by atoms with E-state index < -0.39 is 0 Å². The van der Waals surface area contributed by atoms with Crippen molar-refractivity contribution < 1.29 is 4.74 Å². The third-order valence-corrected chi connectivity index (χ3v) is 3.28. The Morgan fingerprint density at radius 3 is 2.72 bits per heavy atom. The Bertz CT molecular complexity index is 326. The molecule has 102 valence electrons. The van der Waals surface area contributed by atoms with Gasteiger partial charge < -0.3 is 10.5 Å². The first-order chi connectivity index (χ1) is 8.71. The standard InChI is InChI=1S/C14H25N3O/c1-4-12(2)17(7-8-18-3)11-14-6-5-13(9-15)10-16-14/h5-6,10,12H,4,7-9,11,15H2,1-3H3. The molecule has 0 saturated heterocycles. The minimum Gasteiger partial charge on any atom is -0.383 e. The molecule has 1 aromatic rings. The van der Waals surface area contributed by atoms with Crippen LogP contribution in [-0.2, 0) is 17.8 Å². The van der Waals surface area contributed by atoms with Gasteiger partial charge in [0.1, 0.15) is 0 Å². The third-order valence-electron chi connectivity index (χ3n) is 3.28. The number of hydrogen-bond acceptors (Lipinski definition) is 4. The van der Waals surface area contributed by atoms with E-state index >= 15 is 0 Å². The van der Waals surface area contributed by atoms with Gasteiger partial charge in [0.2, 0.25) is 0 Å². The second-order valence-electron chi connectivity index (χ2n) is 4.58. The number of aromatic nitrogens is 1. The van der Waals surface area contributed by atoms with Gasteiger partial charge in [0.15, 0.2) is 0 Å². The normalized spacial score (nSPS) is 12.9. The molecule has 1 rings (SSSR count). The molecule has 0 amide bonds. The van der Waals surface area contributed by atoms with Crippen molar-refractivity contribution in [3.63, 3.8) is 0 Å². The molecule has 1 aromatic heterocycles. The van der Waals surface area contributed by atoms with Gasteiger partial charge in [-0.3, -0.25) is 9.88 Å². The maximum Gasteiger partial charge on any atom is 0.0589 e. The third kappa shape index (κ3) is 4.72. The lowest BCUT2D eigenvalue weighted by Gasteiger charge is -2.27. The molecule has 0 aliphatic carbocycles. The summed E-state index contributed by atoms with van der Waals surface area (Å²) in [5.41, 5.74) is 7.73. The molecular formula is C14H25N3O. The van der Waals surface area contributed by atoms with Gasteiger partial charge in [-0.2, -0.15) is 0 Å². The maximum atomic E-state index is 5.57. The van der Waals surface area contributed by atoms with Crippen molar-refractivity contribution >= 4 is 0 Å². The van der Waals surface area contributed by atoms with Crippen LogP contribution in [0.25, 0.3) is 0 Å². The zero-order valence-corrected chi connectivity index (χ0v) is 11.7. The molecule has 0 aliphatic rings. The topological polar surface area (TPSA) is 51.4 Å². The summed E-state index contributed by atoms with van der Waals surface area (Å²) in [6.45, 7) is 7.55. The fourth-order valence-electron chi connectivity index (χ4n) is 1.80. The Balaban J connectivity index is 2.62. The molecular weight excluding hydrogens is 226 g/mol. The van der Waals surface area contributed by atoms with E-state index in [4.69, 9.17) is 10.5 Å². The van der Waals surface area contributed by atoms with Crippen molar-refractivity contribution in [3.8, 4) is 0 Å². The van der Waals surface area contributed by atoms with Crippen LogP contribution in [0.5, 0.6) is 0 Å². The molecule has 0 spiro atoms. The zero-order chi connectivity index (χ0) is 13.4. The summed E-state index contributed by atoms with van der Waals surface area (Å²) >= 11 is 0. The van der Waals surface area contributed by atoms with Gasteiger partial charge in [-0.05, 0) is 25.0 Å². The lowest BCUT2D eigenvalue weighted by Crippen LogP contribution is -2.35. The van der Waals surface area contributed by atoms with Crippen LogP contribution in [0.3, 0.4) is 0 Å². The first kappa shape index (κ1) is 15.1. The second-order valence-corrected chi connectivity index (χ2v) is 4.58. The summed E-state index contributed by atoms with van der Waals surface area (Å²) in [7, 11) is 1.74. The van der Waals surface area contributed by atoms with Crippen molar-refractivity contribution in [3.05, 3.63) is 29.6 Å². The van der Waals surface area contributed by atoms with E-state index in [9.17, 15) is 0 Å². The minimum atomic E-state index is 0.538. The predicted molar refractivity (Wildman–Crippen MR) is 74.2 cm³/mol. The van der Waals surface area contributed by atoms with Crippen molar-refractivity contribution in [2.45, 2.75) is 39.4 Å². The van der Waals surface area contributed by atoms with E-state index in [2.05, 4.69) is 29.8 Å². The minimum absolute atomic E-state index is 0.538. The molecule has 1 atom stereocenters. The Labute approximate surface area is 110 Å². The van der Waals surface area contributed by atoms with E-state index in [0.29, 0.717) is 12.6 Å². The van der Waals surface area contributed by atoms with Gasteiger partial charge in [-0.1, -0.05) is 13.0 Å². The molecule has 0 bridgehead atoms. The number of nitrogens with zero attached hydrogens (tertiary/aromatic N) is 2. The molecule has 18 heavy (non-hydrogen) atoms. The SMILES string of the molecule is CCC(C)N(CCOC)Cc1ccc(CN)cn1. The Kier molecular flexibility index (Phi) is 6.86. The monoisotopic (exact) mass is 251 g/mol. The molecule has 4 heteroatoms. The summed E-state index contributed by atoms with van der Waals surface area (Å²) in [5, 5.41) is 0. The highest BCUT2D eigenvalue weighted by atomic mass is 16.5. The van der Waals surface area contributed by atoms with Crippen molar-refractivity contribution in [1.82, 2.24) is 9.88 Å². The molecule has 0 aliphatic heterocycles. The van der Waals surface area contributed by atoms with Gasteiger partial charge in [0, 0.05) is 39.0 Å². The van der Waals surface area contributed by atoms with Gasteiger partial charge in [-0.15, -0.1) is 0 Å². The first-order valence-corrected chi connectivity index (χ1v) is 6.58. The summed E-state index contributed by atoms with van der Waals surface area (Å²) in [4.78, 5) is 6.85. The summed E-state index contributed by atoms with van der Waals surface area (Å²) in [6.07, 6.45) is 2.99. The number of pyridine rings is 1. The highest BCUT2D eigenvalue weighted by molar-refractivity contribution is 5.13. The van der Waals surface area contributed by atoms with Crippen LogP contribution >= 0.6 is 0 Å². The van der Waals surface area contributed by atoms with Crippen LogP contribution < -0.4 is 5.73 Å². The number of rotatable bonds is 8. The summed E-state index contributed by atoms with van der Waals surface area (Å²) in [5.74, 6) is 0. The Morgan fingerprint density at radius 1 is 1.44 bits per heavy atom. The molecule has 2 N–H and O–H groups in total. The van der Waals surface area contributed by atoms with E-state index in [-0.39, 0.29) is 0 Å².